The highest BCUT2D eigenvalue weighted by Crippen LogP contribution is 2.51. The predicted octanol–water partition coefficient (Wildman–Crippen LogP) is 16.5. The summed E-state index contributed by atoms with van der Waals surface area (Å²) in [4.78, 5) is 0. The van der Waals surface area contributed by atoms with Crippen LogP contribution in [0, 0.1) is 0 Å². The van der Waals surface area contributed by atoms with Crippen molar-refractivity contribution in [3.05, 3.63) is 230 Å². The van der Waals surface area contributed by atoms with Crippen LogP contribution < -0.4 is 42.3 Å². The monoisotopic (exact) mass is 1080 g/mol. The molecule has 2 aromatic heterocycles. The molecule has 0 bridgehead atoms. The number of hydrogen-bond acceptors (Lipinski definition) is 2. The van der Waals surface area contributed by atoms with Gasteiger partial charge in [-0.25, -0.2) is 0 Å². The van der Waals surface area contributed by atoms with E-state index in [0.717, 1.165) is 45.4 Å². The molecule has 6 heteroatoms. The van der Waals surface area contributed by atoms with E-state index in [1.54, 1.807) is 0 Å². The number of fused-ring (bicyclic) bond motifs is 16. The lowest BCUT2D eigenvalue weighted by Gasteiger charge is -2.41. The summed E-state index contributed by atoms with van der Waals surface area (Å²) >= 11 is 0. The first-order valence-corrected chi connectivity index (χ1v) is 31.0. The summed E-state index contributed by atoms with van der Waals surface area (Å²) in [6.07, 6.45) is 12.6. The SMILES string of the molecule is c1ccc(-c2ccc3c(c2)c2cc(-c4ccccc4)cc4c2n3-c2c3c5c(c6c2B4c2cc(C4CCCCC4)ccc2O6)-n2c4ccc(-c6ccccc6)cc4c4cc(-c6ccccc6)cc(c42)B5c2cc(C4CCCCC4)ccc2O3)cc1. The van der Waals surface area contributed by atoms with E-state index in [1.165, 1.54) is 185 Å². The van der Waals surface area contributed by atoms with Gasteiger partial charge in [0, 0.05) is 43.5 Å². The van der Waals surface area contributed by atoms with Crippen molar-refractivity contribution >= 4 is 89.8 Å². The third-order valence-corrected chi connectivity index (χ3v) is 20.6. The second-order valence-electron chi connectivity index (χ2n) is 25.0. The van der Waals surface area contributed by atoms with Crippen LogP contribution in [0.5, 0.6) is 23.0 Å². The molecule has 6 aliphatic rings. The Morgan fingerprint density at radius 2 is 0.679 bits per heavy atom. The molecule has 4 aliphatic heterocycles. The summed E-state index contributed by atoms with van der Waals surface area (Å²) < 4.78 is 21.2. The minimum Gasteiger partial charge on any atom is -0.456 e. The molecule has 19 rings (SSSR count). The van der Waals surface area contributed by atoms with Crippen LogP contribution >= 0.6 is 0 Å². The van der Waals surface area contributed by atoms with Crippen molar-refractivity contribution in [3.8, 4) is 78.9 Å². The van der Waals surface area contributed by atoms with Crippen LogP contribution in [0.4, 0.5) is 0 Å². The van der Waals surface area contributed by atoms with Crippen LogP contribution in [0.15, 0.2) is 218 Å². The van der Waals surface area contributed by atoms with Gasteiger partial charge in [0.25, 0.3) is 13.4 Å². The molecule has 0 amide bonds. The van der Waals surface area contributed by atoms with E-state index >= 15 is 0 Å². The van der Waals surface area contributed by atoms with Crippen molar-refractivity contribution in [3.63, 3.8) is 0 Å². The Balaban J connectivity index is 0.987. The van der Waals surface area contributed by atoms with Gasteiger partial charge in [-0.2, -0.15) is 0 Å². The summed E-state index contributed by atoms with van der Waals surface area (Å²) in [7, 11) is 0. The van der Waals surface area contributed by atoms with E-state index in [1.807, 2.05) is 0 Å². The Bertz CT molecular complexity index is 4600. The van der Waals surface area contributed by atoms with Gasteiger partial charge in [0.1, 0.15) is 23.0 Å². The Labute approximate surface area is 490 Å². The van der Waals surface area contributed by atoms with Crippen LogP contribution in [0.3, 0.4) is 0 Å². The molecule has 0 atom stereocenters. The minimum absolute atomic E-state index is 0.165. The highest BCUT2D eigenvalue weighted by atomic mass is 16.5. The third-order valence-electron chi connectivity index (χ3n) is 20.6. The van der Waals surface area contributed by atoms with E-state index in [2.05, 4.69) is 228 Å². The van der Waals surface area contributed by atoms with Crippen LogP contribution in [0.25, 0.3) is 99.5 Å². The quantitative estimate of drug-likeness (QED) is 0.155. The zero-order chi connectivity index (χ0) is 54.7. The molecular formula is C78H58B2N2O2. The predicted molar refractivity (Wildman–Crippen MR) is 351 cm³/mol. The Kier molecular flexibility index (Phi) is 10.2. The van der Waals surface area contributed by atoms with Crippen molar-refractivity contribution in [1.29, 1.82) is 0 Å². The maximum Gasteiger partial charge on any atom is 0.256 e. The molecular weight excluding hydrogens is 1020 g/mol. The van der Waals surface area contributed by atoms with Gasteiger partial charge in [-0.15, -0.1) is 0 Å². The van der Waals surface area contributed by atoms with E-state index in [-0.39, 0.29) is 13.4 Å². The molecule has 0 unspecified atom stereocenters. The van der Waals surface area contributed by atoms with Gasteiger partial charge in [0.05, 0.1) is 22.4 Å². The van der Waals surface area contributed by atoms with Crippen molar-refractivity contribution in [1.82, 2.24) is 9.13 Å². The van der Waals surface area contributed by atoms with Gasteiger partial charge in [0.2, 0.25) is 0 Å². The van der Waals surface area contributed by atoms with Crippen molar-refractivity contribution in [2.75, 3.05) is 0 Å². The zero-order valence-corrected chi connectivity index (χ0v) is 46.9. The second-order valence-corrected chi connectivity index (χ2v) is 25.0. The fourth-order valence-corrected chi connectivity index (χ4v) is 16.7. The minimum atomic E-state index is -0.165. The van der Waals surface area contributed by atoms with Gasteiger partial charge in [-0.1, -0.05) is 208 Å². The van der Waals surface area contributed by atoms with Crippen LogP contribution in [-0.2, 0) is 0 Å². The summed E-state index contributed by atoms with van der Waals surface area (Å²) in [6.45, 7) is -0.331. The largest absolute Gasteiger partial charge is 0.456 e. The third kappa shape index (κ3) is 6.80. The zero-order valence-electron chi connectivity index (χ0n) is 46.9. The van der Waals surface area contributed by atoms with Gasteiger partial charge in [-0.05, 0) is 164 Å². The number of rotatable bonds is 6. The van der Waals surface area contributed by atoms with Gasteiger partial charge in [0.15, 0.2) is 0 Å². The first-order chi connectivity index (χ1) is 41.7. The summed E-state index contributed by atoms with van der Waals surface area (Å²) in [5.74, 6) is 4.80. The topological polar surface area (TPSA) is 28.3 Å². The van der Waals surface area contributed by atoms with E-state index in [9.17, 15) is 0 Å². The summed E-state index contributed by atoms with van der Waals surface area (Å²) in [5, 5.41) is 4.97. The Hall–Kier alpha value is -9.25. The number of hydrogen-bond donors (Lipinski definition) is 0. The standard InChI is InChI=1S/C78H58B2N2O2/c1-7-19-47(20-8-1)53-31-35-67-59(39-53)61-41-57(51-27-15-5-16-28-51)45-65-73(61)81(67)75-71-78(84-69-37-33-55(43-63(69)79(65)71)49-23-11-3-12-24-49)76-72-77(75)83-70-38-34-56(50-25-13-4-14-26-50)44-64(70)80(72)66-46-58(52-29-17-6-18-30-52)42-62-60-40-54(48-21-9-2-10-22-48)32-36-68(60)82(76)74(62)66/h1-2,5-10,15-22,27-46,49-50H,3-4,11-14,23-26H2. The average Bonchev–Trinajstić information content (AvgIpc) is 1.32. The van der Waals surface area contributed by atoms with Crippen molar-refractivity contribution in [2.24, 2.45) is 0 Å². The van der Waals surface area contributed by atoms with E-state index in [4.69, 9.17) is 9.47 Å². The lowest BCUT2D eigenvalue weighted by molar-refractivity contribution is 0.442. The number of ether oxygens (including phenoxy) is 2. The molecule has 4 nitrogen and oxygen atoms in total. The first-order valence-electron chi connectivity index (χ1n) is 31.0. The van der Waals surface area contributed by atoms with Gasteiger partial charge < -0.3 is 18.6 Å². The van der Waals surface area contributed by atoms with Crippen molar-refractivity contribution < 1.29 is 9.47 Å². The summed E-state index contributed by atoms with van der Waals surface area (Å²) in [5.41, 5.74) is 27.0. The molecule has 11 aromatic carbocycles. The molecule has 84 heavy (non-hydrogen) atoms. The molecule has 0 N–H and O–H groups in total. The fourth-order valence-electron chi connectivity index (χ4n) is 16.7. The molecule has 398 valence electrons. The van der Waals surface area contributed by atoms with E-state index in [0.29, 0.717) is 11.8 Å². The molecule has 2 fully saturated rings. The maximum atomic E-state index is 8.00. The lowest BCUT2D eigenvalue weighted by Crippen LogP contribution is -2.63. The first kappa shape index (κ1) is 47.3. The van der Waals surface area contributed by atoms with Crippen LogP contribution in [-0.4, -0.2) is 22.6 Å². The highest BCUT2D eigenvalue weighted by Gasteiger charge is 2.51. The van der Waals surface area contributed by atoms with Crippen LogP contribution in [0.1, 0.15) is 87.2 Å². The smallest absolute Gasteiger partial charge is 0.256 e. The molecule has 0 radical (unpaired) electrons. The number of benzene rings is 11. The molecule has 2 saturated carbocycles. The van der Waals surface area contributed by atoms with Gasteiger partial charge >= 0.3 is 0 Å². The molecule has 2 aliphatic carbocycles. The highest BCUT2D eigenvalue weighted by molar-refractivity contribution is 7.02. The van der Waals surface area contributed by atoms with Crippen molar-refractivity contribution in [2.45, 2.75) is 76.0 Å². The number of nitrogens with zero attached hydrogens (tertiary/aromatic N) is 2. The van der Waals surface area contributed by atoms with Gasteiger partial charge in [-0.3, -0.25) is 0 Å². The molecule has 13 aromatic rings. The Morgan fingerprint density at radius 1 is 0.310 bits per heavy atom. The maximum absolute atomic E-state index is 8.00. The lowest BCUT2D eigenvalue weighted by atomic mass is 9.31. The molecule has 0 spiro atoms. The average molecular weight is 1080 g/mol. The summed E-state index contributed by atoms with van der Waals surface area (Å²) in [6, 6.07) is 83.0. The second kappa shape index (κ2) is 18.1. The van der Waals surface area contributed by atoms with Crippen LogP contribution in [0.2, 0.25) is 0 Å². The molecule has 6 heterocycles. The van der Waals surface area contributed by atoms with E-state index < -0.39 is 0 Å². The Morgan fingerprint density at radius 3 is 1.07 bits per heavy atom. The normalized spacial score (nSPS) is 15.7. The number of aromatic nitrogens is 2. The molecule has 0 saturated heterocycles. The fraction of sp³-hybridized carbons (Fsp3) is 0.154.